The monoisotopic (exact) mass is 374 g/mol. The summed E-state index contributed by atoms with van der Waals surface area (Å²) in [4.78, 5) is 2.62. The molecule has 0 amide bonds. The number of nitrogens with zero attached hydrogens (tertiary/aromatic N) is 2. The average molecular weight is 375 g/mol. The Hall–Kier alpha value is -0.430. The van der Waals surface area contributed by atoms with Gasteiger partial charge in [0.25, 0.3) is 0 Å². The Kier molecular flexibility index (Phi) is 5.13. The number of rotatable bonds is 3. The molecular weight excluding hydrogens is 352 g/mol. The summed E-state index contributed by atoms with van der Waals surface area (Å²) in [5, 5.41) is 0. The molecule has 1 aliphatic rings. The molecule has 21 heavy (non-hydrogen) atoms. The molecule has 0 unspecified atom stereocenters. The predicted molar refractivity (Wildman–Crippen MR) is 89.2 cm³/mol. The summed E-state index contributed by atoms with van der Waals surface area (Å²) in [5.74, 6) is 0.166. The van der Waals surface area contributed by atoms with Gasteiger partial charge in [-0.25, -0.2) is 8.42 Å². The van der Waals surface area contributed by atoms with Crippen LogP contribution in [0.15, 0.2) is 21.5 Å². The second kappa shape index (κ2) is 6.36. The third-order valence-electron chi connectivity index (χ3n) is 3.99. The summed E-state index contributed by atoms with van der Waals surface area (Å²) in [6, 6.07) is 3.75. The fraction of sp³-hybridized carbons (Fsp3) is 0.600. The lowest BCUT2D eigenvalue weighted by Crippen LogP contribution is -2.47. The lowest BCUT2D eigenvalue weighted by atomic mass is 10.0. The maximum absolute atomic E-state index is 13.0. The van der Waals surface area contributed by atoms with Gasteiger partial charge in [0.2, 0.25) is 10.0 Å². The zero-order chi connectivity index (χ0) is 15.8. The van der Waals surface area contributed by atoms with Gasteiger partial charge in [-0.1, -0.05) is 29.8 Å². The molecule has 0 spiro atoms. The highest BCUT2D eigenvalue weighted by Gasteiger charge is 2.30. The maximum Gasteiger partial charge on any atom is 0.243 e. The van der Waals surface area contributed by atoms with E-state index in [1.807, 2.05) is 33.9 Å². The summed E-state index contributed by atoms with van der Waals surface area (Å²) in [6.07, 6.45) is 0. The van der Waals surface area contributed by atoms with Gasteiger partial charge in [0, 0.05) is 30.7 Å². The minimum atomic E-state index is -3.41. The number of piperazine rings is 1. The van der Waals surface area contributed by atoms with Crippen LogP contribution in [0, 0.1) is 6.92 Å². The van der Waals surface area contributed by atoms with E-state index in [-0.39, 0.29) is 5.92 Å². The van der Waals surface area contributed by atoms with Crippen LogP contribution in [0.1, 0.15) is 30.9 Å². The molecule has 0 atom stereocenters. The lowest BCUT2D eigenvalue weighted by molar-refractivity contribution is 0.222. The van der Waals surface area contributed by atoms with Crippen molar-refractivity contribution in [3.05, 3.63) is 27.7 Å². The van der Waals surface area contributed by atoms with Gasteiger partial charge in [0.1, 0.15) is 0 Å². The van der Waals surface area contributed by atoms with Gasteiger partial charge in [-0.2, -0.15) is 4.31 Å². The standard InChI is InChI=1S/C15H23BrN2O2S/c1-11(2)13-10-14(16)12(3)9-15(13)21(19,20)18-7-5-17(4)6-8-18/h9-11H,5-8H2,1-4H3. The Labute approximate surface area is 136 Å². The summed E-state index contributed by atoms with van der Waals surface area (Å²) >= 11 is 3.50. The number of benzene rings is 1. The van der Waals surface area contributed by atoms with Crippen LogP contribution in [-0.4, -0.2) is 50.8 Å². The van der Waals surface area contributed by atoms with Crippen molar-refractivity contribution in [3.63, 3.8) is 0 Å². The number of hydrogen-bond acceptors (Lipinski definition) is 3. The zero-order valence-electron chi connectivity index (χ0n) is 13.1. The molecule has 0 aromatic heterocycles. The van der Waals surface area contributed by atoms with Crippen LogP contribution in [-0.2, 0) is 10.0 Å². The molecule has 0 N–H and O–H groups in total. The molecule has 1 aromatic carbocycles. The van der Waals surface area contributed by atoms with Crippen LogP contribution < -0.4 is 0 Å². The van der Waals surface area contributed by atoms with Gasteiger partial charge in [-0.15, -0.1) is 0 Å². The third-order valence-corrected chi connectivity index (χ3v) is 6.80. The third kappa shape index (κ3) is 3.50. The van der Waals surface area contributed by atoms with Gasteiger partial charge >= 0.3 is 0 Å². The van der Waals surface area contributed by atoms with E-state index in [2.05, 4.69) is 20.8 Å². The summed E-state index contributed by atoms with van der Waals surface area (Å²) in [5.41, 5.74) is 1.83. The molecule has 2 rings (SSSR count). The first-order chi connectivity index (χ1) is 9.73. The Morgan fingerprint density at radius 2 is 1.71 bits per heavy atom. The molecule has 6 heteroatoms. The van der Waals surface area contributed by atoms with E-state index in [0.717, 1.165) is 28.7 Å². The zero-order valence-corrected chi connectivity index (χ0v) is 15.5. The van der Waals surface area contributed by atoms with Crippen molar-refractivity contribution < 1.29 is 8.42 Å². The summed E-state index contributed by atoms with van der Waals surface area (Å²) < 4.78 is 28.5. The molecule has 1 heterocycles. The highest BCUT2D eigenvalue weighted by Crippen LogP contribution is 2.31. The van der Waals surface area contributed by atoms with Crippen LogP contribution in [0.25, 0.3) is 0 Å². The van der Waals surface area contributed by atoms with E-state index in [0.29, 0.717) is 18.0 Å². The van der Waals surface area contributed by atoms with E-state index in [1.54, 1.807) is 10.4 Å². The van der Waals surface area contributed by atoms with Crippen LogP contribution in [0.4, 0.5) is 0 Å². The smallest absolute Gasteiger partial charge is 0.243 e. The minimum absolute atomic E-state index is 0.166. The van der Waals surface area contributed by atoms with E-state index in [9.17, 15) is 8.42 Å². The first-order valence-electron chi connectivity index (χ1n) is 7.22. The summed E-state index contributed by atoms with van der Waals surface area (Å²) in [6.45, 7) is 8.67. The molecule has 1 aliphatic heterocycles. The van der Waals surface area contributed by atoms with E-state index >= 15 is 0 Å². The molecule has 1 fully saturated rings. The summed E-state index contributed by atoms with van der Waals surface area (Å²) in [7, 11) is -1.39. The van der Waals surface area contributed by atoms with E-state index in [1.165, 1.54) is 0 Å². The number of sulfonamides is 1. The van der Waals surface area contributed by atoms with Gasteiger partial charge in [-0.3, -0.25) is 0 Å². The van der Waals surface area contributed by atoms with Crippen LogP contribution in [0.3, 0.4) is 0 Å². The van der Waals surface area contributed by atoms with Gasteiger partial charge in [0.05, 0.1) is 4.90 Å². The van der Waals surface area contributed by atoms with Crippen molar-refractivity contribution in [2.45, 2.75) is 31.6 Å². The second-order valence-corrected chi connectivity index (χ2v) is 8.76. The fourth-order valence-electron chi connectivity index (χ4n) is 2.51. The first kappa shape index (κ1) is 16.9. The molecular formula is C15H23BrN2O2S. The van der Waals surface area contributed by atoms with Gasteiger partial charge in [-0.05, 0) is 43.1 Å². The largest absolute Gasteiger partial charge is 0.304 e. The van der Waals surface area contributed by atoms with Crippen molar-refractivity contribution >= 4 is 26.0 Å². The number of likely N-dealkylation sites (N-methyl/N-ethyl adjacent to an activating group) is 1. The predicted octanol–water partition coefficient (Wildman–Crippen LogP) is 2.82. The number of aryl methyl sites for hydroxylation is 1. The quantitative estimate of drug-likeness (QED) is 0.816. The Morgan fingerprint density at radius 3 is 2.24 bits per heavy atom. The minimum Gasteiger partial charge on any atom is -0.304 e. The molecule has 1 saturated heterocycles. The molecule has 118 valence electrons. The fourth-order valence-corrected chi connectivity index (χ4v) is 4.71. The Balaban J connectivity index is 2.46. The van der Waals surface area contributed by atoms with Gasteiger partial charge in [0.15, 0.2) is 0 Å². The topological polar surface area (TPSA) is 40.6 Å². The molecule has 0 aliphatic carbocycles. The maximum atomic E-state index is 13.0. The number of hydrogen-bond donors (Lipinski definition) is 0. The molecule has 4 nitrogen and oxygen atoms in total. The Morgan fingerprint density at radius 1 is 1.14 bits per heavy atom. The molecule has 1 aromatic rings. The van der Waals surface area contributed by atoms with Crippen LogP contribution in [0.5, 0.6) is 0 Å². The first-order valence-corrected chi connectivity index (χ1v) is 9.45. The molecule has 0 bridgehead atoms. The SMILES string of the molecule is Cc1cc(S(=O)(=O)N2CCN(C)CC2)c(C(C)C)cc1Br. The van der Waals surface area contributed by atoms with Crippen molar-refractivity contribution in [1.29, 1.82) is 0 Å². The van der Waals surface area contributed by atoms with Gasteiger partial charge < -0.3 is 4.90 Å². The van der Waals surface area contributed by atoms with Crippen LogP contribution in [0.2, 0.25) is 0 Å². The molecule has 0 saturated carbocycles. The highest BCUT2D eigenvalue weighted by atomic mass is 79.9. The van der Waals surface area contributed by atoms with E-state index in [4.69, 9.17) is 0 Å². The number of halogens is 1. The average Bonchev–Trinajstić information content (AvgIpc) is 2.41. The Bertz CT molecular complexity index is 621. The van der Waals surface area contributed by atoms with E-state index < -0.39 is 10.0 Å². The van der Waals surface area contributed by atoms with Crippen LogP contribution >= 0.6 is 15.9 Å². The van der Waals surface area contributed by atoms with Crippen molar-refractivity contribution in [3.8, 4) is 0 Å². The van der Waals surface area contributed by atoms with Crippen molar-refractivity contribution in [1.82, 2.24) is 9.21 Å². The molecule has 0 radical (unpaired) electrons. The highest BCUT2D eigenvalue weighted by molar-refractivity contribution is 9.10. The normalized spacial score (nSPS) is 18.4. The second-order valence-electron chi connectivity index (χ2n) is 6.00. The van der Waals surface area contributed by atoms with Crippen molar-refractivity contribution in [2.75, 3.05) is 33.2 Å². The lowest BCUT2D eigenvalue weighted by Gasteiger charge is -2.32. The van der Waals surface area contributed by atoms with Crippen molar-refractivity contribution in [2.24, 2.45) is 0 Å².